The van der Waals surface area contributed by atoms with Gasteiger partial charge in [0.2, 0.25) is 0 Å². The summed E-state index contributed by atoms with van der Waals surface area (Å²) in [6.07, 6.45) is 3.65. The molecule has 106 valence electrons. The van der Waals surface area contributed by atoms with Crippen molar-refractivity contribution in [3.05, 3.63) is 27.7 Å². The fourth-order valence-corrected chi connectivity index (χ4v) is 2.46. The fourth-order valence-electron chi connectivity index (χ4n) is 1.48. The Morgan fingerprint density at radius 3 is 2.80 bits per heavy atom. The molecule has 0 fully saturated rings. The van der Waals surface area contributed by atoms with Gasteiger partial charge in [0.05, 0.1) is 17.9 Å². The lowest BCUT2D eigenvalue weighted by atomic mass is 10.1. The van der Waals surface area contributed by atoms with Crippen LogP contribution in [0, 0.1) is 18.4 Å². The number of hydrogen-bond acceptors (Lipinski definition) is 5. The van der Waals surface area contributed by atoms with Crippen molar-refractivity contribution in [2.24, 2.45) is 4.99 Å². The zero-order valence-electron chi connectivity index (χ0n) is 11.4. The van der Waals surface area contributed by atoms with Gasteiger partial charge in [-0.25, -0.2) is 9.79 Å². The van der Waals surface area contributed by atoms with Crippen LogP contribution in [0.4, 0.5) is 5.69 Å². The maximum atomic E-state index is 11.7. The van der Waals surface area contributed by atoms with Crippen LogP contribution < -0.4 is 5.32 Å². The molecule has 0 unspecified atom stereocenters. The summed E-state index contributed by atoms with van der Waals surface area (Å²) in [6.45, 7) is 3.94. The number of nitrogens with zero attached hydrogens (tertiary/aromatic N) is 2. The van der Waals surface area contributed by atoms with Crippen molar-refractivity contribution < 1.29 is 9.53 Å². The van der Waals surface area contributed by atoms with E-state index in [9.17, 15) is 4.79 Å². The molecule has 20 heavy (non-hydrogen) atoms. The first kappa shape index (κ1) is 16.5. The van der Waals surface area contributed by atoms with Crippen molar-refractivity contribution in [3.63, 3.8) is 0 Å². The zero-order valence-corrected chi connectivity index (χ0v) is 13.8. The second-order valence-corrected chi connectivity index (χ2v) is 5.35. The lowest BCUT2D eigenvalue weighted by Gasteiger charge is -2.09. The molecule has 0 aliphatic rings. The van der Waals surface area contributed by atoms with Crippen molar-refractivity contribution in [3.8, 4) is 6.19 Å². The number of hydrogen-bond donors (Lipinski definition) is 1. The highest BCUT2D eigenvalue weighted by Gasteiger charge is 2.12. The highest BCUT2D eigenvalue weighted by atomic mass is 79.9. The van der Waals surface area contributed by atoms with Gasteiger partial charge in [-0.05, 0) is 53.7 Å². The number of carbonyl (C=O) groups is 1. The average molecular weight is 356 g/mol. The first-order valence-corrected chi connectivity index (χ1v) is 7.80. The van der Waals surface area contributed by atoms with Crippen LogP contribution in [0.15, 0.2) is 21.6 Å². The van der Waals surface area contributed by atoms with E-state index < -0.39 is 0 Å². The number of aryl methyl sites for hydroxylation is 1. The largest absolute Gasteiger partial charge is 0.462 e. The van der Waals surface area contributed by atoms with Crippen LogP contribution in [0.25, 0.3) is 0 Å². The van der Waals surface area contributed by atoms with Crippen molar-refractivity contribution in [1.29, 1.82) is 5.26 Å². The van der Waals surface area contributed by atoms with Crippen LogP contribution in [0.2, 0.25) is 0 Å². The van der Waals surface area contributed by atoms with E-state index in [2.05, 4.69) is 26.2 Å². The summed E-state index contributed by atoms with van der Waals surface area (Å²) in [7, 11) is 0. The minimum absolute atomic E-state index is 0.331. The van der Waals surface area contributed by atoms with Gasteiger partial charge in [-0.3, -0.25) is 5.32 Å². The lowest BCUT2D eigenvalue weighted by molar-refractivity contribution is 0.0526. The first-order valence-electron chi connectivity index (χ1n) is 5.78. The topological polar surface area (TPSA) is 74.5 Å². The van der Waals surface area contributed by atoms with Crippen LogP contribution in [0.1, 0.15) is 22.8 Å². The molecule has 0 saturated heterocycles. The predicted octanol–water partition coefficient (Wildman–Crippen LogP) is 3.36. The molecule has 5 nitrogen and oxygen atoms in total. The molecule has 0 saturated carbocycles. The Balaban J connectivity index is 3.19. The van der Waals surface area contributed by atoms with Crippen LogP contribution in [0.5, 0.6) is 0 Å². The summed E-state index contributed by atoms with van der Waals surface area (Å²) in [6, 6.07) is 3.38. The molecule has 1 aromatic rings. The van der Waals surface area contributed by atoms with Crippen LogP contribution in [-0.4, -0.2) is 24.0 Å². The third-order valence-corrected chi connectivity index (χ3v) is 3.52. The molecule has 1 aromatic carbocycles. The summed E-state index contributed by atoms with van der Waals surface area (Å²) in [4.78, 5) is 16.1. The van der Waals surface area contributed by atoms with Gasteiger partial charge in [0.15, 0.2) is 11.4 Å². The Labute approximate surface area is 130 Å². The van der Waals surface area contributed by atoms with Crippen molar-refractivity contribution in [2.75, 3.05) is 12.9 Å². The normalized spacial score (nSPS) is 10.8. The summed E-state index contributed by atoms with van der Waals surface area (Å²) >= 11 is 4.72. The van der Waals surface area contributed by atoms with Crippen LogP contribution in [-0.2, 0) is 4.74 Å². The highest BCUT2D eigenvalue weighted by molar-refractivity contribution is 9.10. The number of thioether (sulfide) groups is 1. The molecule has 7 heteroatoms. The van der Waals surface area contributed by atoms with Gasteiger partial charge in [-0.15, -0.1) is 0 Å². The second kappa shape index (κ2) is 7.92. The van der Waals surface area contributed by atoms with E-state index in [0.29, 0.717) is 27.5 Å². The molecular formula is C13H14BrN3O2S. The molecular weight excluding hydrogens is 342 g/mol. The Hall–Kier alpha value is -1.52. The standard InChI is InChI=1S/C13H14BrN3O2S/c1-4-19-12(18)9-5-8(2)11(10(14)6-9)17-13(20-3)16-7-15/h5-6H,4H2,1-3H3,(H,16,17). The Morgan fingerprint density at radius 1 is 1.60 bits per heavy atom. The predicted molar refractivity (Wildman–Crippen MR) is 84.2 cm³/mol. The number of rotatable bonds is 3. The van der Waals surface area contributed by atoms with Gasteiger partial charge in [0.25, 0.3) is 0 Å². The monoisotopic (exact) mass is 355 g/mol. The van der Waals surface area contributed by atoms with Gasteiger partial charge in [-0.2, -0.15) is 5.26 Å². The molecule has 0 amide bonds. The van der Waals surface area contributed by atoms with Gasteiger partial charge >= 0.3 is 5.97 Å². The molecule has 0 aliphatic heterocycles. The smallest absolute Gasteiger partial charge is 0.338 e. The van der Waals surface area contributed by atoms with Gasteiger partial charge in [0.1, 0.15) is 0 Å². The molecule has 0 bridgehead atoms. The van der Waals surface area contributed by atoms with E-state index in [1.165, 1.54) is 11.8 Å². The van der Waals surface area contributed by atoms with E-state index in [4.69, 9.17) is 10.00 Å². The van der Waals surface area contributed by atoms with E-state index in [1.54, 1.807) is 19.1 Å². The maximum Gasteiger partial charge on any atom is 0.338 e. The van der Waals surface area contributed by atoms with Crippen molar-refractivity contribution >= 4 is 44.5 Å². The highest BCUT2D eigenvalue weighted by Crippen LogP contribution is 2.31. The SMILES string of the molecule is CCOC(=O)c1cc(C)c(N=C(NC#N)SC)c(Br)c1. The minimum atomic E-state index is -0.368. The Morgan fingerprint density at radius 2 is 2.30 bits per heavy atom. The van der Waals surface area contributed by atoms with E-state index in [1.807, 2.05) is 19.4 Å². The van der Waals surface area contributed by atoms with E-state index >= 15 is 0 Å². The van der Waals surface area contributed by atoms with Gasteiger partial charge < -0.3 is 4.74 Å². The number of aliphatic imine (C=N–C) groups is 1. The second-order valence-electron chi connectivity index (χ2n) is 3.70. The lowest BCUT2D eigenvalue weighted by Crippen LogP contribution is -2.12. The number of benzene rings is 1. The third-order valence-electron chi connectivity index (χ3n) is 2.33. The molecule has 1 N–H and O–H groups in total. The molecule has 0 heterocycles. The maximum absolute atomic E-state index is 11.7. The van der Waals surface area contributed by atoms with E-state index in [0.717, 1.165) is 5.56 Å². The summed E-state index contributed by atoms with van der Waals surface area (Å²) in [5, 5.41) is 11.6. The quantitative estimate of drug-likeness (QED) is 0.296. The molecule has 0 radical (unpaired) electrons. The number of amidine groups is 1. The fraction of sp³-hybridized carbons (Fsp3) is 0.308. The minimum Gasteiger partial charge on any atom is -0.462 e. The number of nitriles is 1. The molecule has 0 aromatic heterocycles. The zero-order chi connectivity index (χ0) is 15.1. The first-order chi connectivity index (χ1) is 9.53. The van der Waals surface area contributed by atoms with Gasteiger partial charge in [-0.1, -0.05) is 11.8 Å². The number of ether oxygens (including phenoxy) is 1. The molecule has 0 atom stereocenters. The number of nitrogens with one attached hydrogen (secondary N) is 1. The van der Waals surface area contributed by atoms with E-state index in [-0.39, 0.29) is 5.97 Å². The van der Waals surface area contributed by atoms with Gasteiger partial charge in [0, 0.05) is 4.47 Å². The van der Waals surface area contributed by atoms with Crippen LogP contribution >= 0.6 is 27.7 Å². The van der Waals surface area contributed by atoms with Crippen molar-refractivity contribution in [2.45, 2.75) is 13.8 Å². The summed E-state index contributed by atoms with van der Waals surface area (Å²) < 4.78 is 5.64. The summed E-state index contributed by atoms with van der Waals surface area (Å²) in [5.74, 6) is -0.368. The molecule has 1 rings (SSSR count). The Bertz CT molecular complexity index is 558. The number of carbonyl (C=O) groups excluding carboxylic acids is 1. The average Bonchev–Trinajstić information content (AvgIpc) is 2.41. The number of halogens is 1. The Kier molecular flexibility index (Phi) is 6.55. The summed E-state index contributed by atoms with van der Waals surface area (Å²) in [5.41, 5.74) is 1.95. The van der Waals surface area contributed by atoms with Crippen molar-refractivity contribution in [1.82, 2.24) is 5.32 Å². The number of esters is 1. The third kappa shape index (κ3) is 4.25. The van der Waals surface area contributed by atoms with Crippen LogP contribution in [0.3, 0.4) is 0 Å². The molecule has 0 spiro atoms. The molecule has 0 aliphatic carbocycles.